The molecule has 1 rings (SSSR count). The molecule has 17 heavy (non-hydrogen) atoms. The third-order valence-corrected chi connectivity index (χ3v) is 2.69. The van der Waals surface area contributed by atoms with E-state index in [1.807, 2.05) is 0 Å². The molecule has 0 spiro atoms. The topological polar surface area (TPSA) is 91.6 Å². The Bertz CT molecular complexity index is 453. The second-order valence-electron chi connectivity index (χ2n) is 3.92. The molecule has 0 saturated heterocycles. The van der Waals surface area contributed by atoms with Crippen molar-refractivity contribution in [2.24, 2.45) is 7.05 Å². The number of hydrogen-bond acceptors (Lipinski definition) is 3. The molecule has 0 radical (unpaired) electrons. The number of halogens is 1. The molecule has 6 nitrogen and oxygen atoms in total. The Morgan fingerprint density at radius 3 is 2.59 bits per heavy atom. The zero-order valence-electron chi connectivity index (χ0n) is 9.40. The van der Waals surface area contributed by atoms with Crippen molar-refractivity contribution in [2.75, 3.05) is 6.54 Å². The number of aliphatic carboxylic acids is 1. The Morgan fingerprint density at radius 1 is 1.59 bits per heavy atom. The molecule has 0 saturated carbocycles. The standard InChI is InChI=1S/C10H13BrN2O4/c1-10(17,9(15)16)5-12-8(14)7-3-6(11)4-13(7)2/h3-4,17H,5H2,1-2H3,(H,12,14)(H,15,16). The summed E-state index contributed by atoms with van der Waals surface area (Å²) in [6.07, 6.45) is 1.70. The molecule has 1 unspecified atom stereocenters. The highest BCUT2D eigenvalue weighted by Crippen LogP contribution is 2.13. The molecule has 0 aliphatic rings. The highest BCUT2D eigenvalue weighted by Gasteiger charge is 2.30. The number of aryl methyl sites for hydroxylation is 1. The van der Waals surface area contributed by atoms with Crippen molar-refractivity contribution in [1.82, 2.24) is 9.88 Å². The van der Waals surface area contributed by atoms with Crippen molar-refractivity contribution >= 4 is 27.8 Å². The molecule has 1 aromatic rings. The number of nitrogens with one attached hydrogen (secondary N) is 1. The lowest BCUT2D eigenvalue weighted by Gasteiger charge is -2.18. The number of amides is 1. The van der Waals surface area contributed by atoms with E-state index in [2.05, 4.69) is 21.2 Å². The number of carboxylic acids is 1. The molecule has 3 N–H and O–H groups in total. The summed E-state index contributed by atoms with van der Waals surface area (Å²) in [7, 11) is 1.69. The molecule has 0 fully saturated rings. The summed E-state index contributed by atoms with van der Waals surface area (Å²) in [6, 6.07) is 1.60. The van der Waals surface area contributed by atoms with Gasteiger partial charge in [0.15, 0.2) is 5.60 Å². The van der Waals surface area contributed by atoms with E-state index in [1.54, 1.807) is 23.9 Å². The first-order valence-electron chi connectivity index (χ1n) is 4.80. The largest absolute Gasteiger partial charge is 0.479 e. The predicted octanol–water partition coefficient (Wildman–Crippen LogP) is 0.353. The summed E-state index contributed by atoms with van der Waals surface area (Å²) in [5.74, 6) is -1.83. The Balaban J connectivity index is 2.68. The van der Waals surface area contributed by atoms with Crippen LogP contribution in [0.5, 0.6) is 0 Å². The number of carbonyl (C=O) groups excluding carboxylic acids is 1. The van der Waals surface area contributed by atoms with Crippen LogP contribution in [0.15, 0.2) is 16.7 Å². The van der Waals surface area contributed by atoms with Crippen molar-refractivity contribution in [3.63, 3.8) is 0 Å². The number of aliphatic hydroxyl groups is 1. The van der Waals surface area contributed by atoms with E-state index < -0.39 is 17.5 Å². The van der Waals surface area contributed by atoms with Gasteiger partial charge in [-0.3, -0.25) is 4.79 Å². The molecule has 0 aromatic carbocycles. The third kappa shape index (κ3) is 3.31. The Morgan fingerprint density at radius 2 is 2.18 bits per heavy atom. The average molecular weight is 305 g/mol. The van der Waals surface area contributed by atoms with Crippen molar-refractivity contribution in [1.29, 1.82) is 0 Å². The minimum absolute atomic E-state index is 0.357. The molecule has 1 heterocycles. The number of carboxylic acid groups (broad SMARTS) is 1. The van der Waals surface area contributed by atoms with E-state index in [4.69, 9.17) is 5.11 Å². The number of hydrogen-bond donors (Lipinski definition) is 3. The lowest BCUT2D eigenvalue weighted by molar-refractivity contribution is -0.155. The Kier molecular flexibility index (Phi) is 3.94. The van der Waals surface area contributed by atoms with Gasteiger partial charge in [-0.1, -0.05) is 0 Å². The SMILES string of the molecule is Cn1cc(Br)cc1C(=O)NCC(C)(O)C(=O)O. The molecular weight excluding hydrogens is 292 g/mol. The molecule has 7 heteroatoms. The van der Waals surface area contributed by atoms with Gasteiger partial charge in [-0.25, -0.2) is 4.79 Å². The first kappa shape index (κ1) is 13.7. The molecule has 94 valence electrons. The number of aromatic nitrogens is 1. The first-order chi connectivity index (χ1) is 7.74. The smallest absolute Gasteiger partial charge is 0.337 e. The van der Waals surface area contributed by atoms with E-state index in [0.717, 1.165) is 11.4 Å². The van der Waals surface area contributed by atoms with Crippen LogP contribution >= 0.6 is 15.9 Å². The fourth-order valence-corrected chi connectivity index (χ4v) is 1.69. The second-order valence-corrected chi connectivity index (χ2v) is 4.83. The van der Waals surface area contributed by atoms with Crippen LogP contribution < -0.4 is 5.32 Å². The fourth-order valence-electron chi connectivity index (χ4n) is 1.17. The fraction of sp³-hybridized carbons (Fsp3) is 0.400. The lowest BCUT2D eigenvalue weighted by Crippen LogP contribution is -2.46. The van der Waals surface area contributed by atoms with Crippen molar-refractivity contribution in [3.8, 4) is 0 Å². The molecule has 1 aromatic heterocycles. The minimum Gasteiger partial charge on any atom is -0.479 e. The normalized spacial score (nSPS) is 14.1. The maximum absolute atomic E-state index is 11.7. The highest BCUT2D eigenvalue weighted by molar-refractivity contribution is 9.10. The van der Waals surface area contributed by atoms with Crippen LogP contribution in [0.3, 0.4) is 0 Å². The Hall–Kier alpha value is -1.34. The summed E-state index contributed by atoms with van der Waals surface area (Å²) >= 11 is 3.22. The van der Waals surface area contributed by atoms with E-state index in [-0.39, 0.29) is 6.54 Å². The van der Waals surface area contributed by atoms with Gasteiger partial charge >= 0.3 is 5.97 Å². The summed E-state index contributed by atoms with van der Waals surface area (Å²) in [5, 5.41) is 20.5. The van der Waals surface area contributed by atoms with Crippen molar-refractivity contribution in [3.05, 3.63) is 22.4 Å². The van der Waals surface area contributed by atoms with Crippen LogP contribution in [0.4, 0.5) is 0 Å². The van der Waals surface area contributed by atoms with Gasteiger partial charge in [-0.2, -0.15) is 0 Å². The van der Waals surface area contributed by atoms with E-state index in [0.29, 0.717) is 5.69 Å². The molecule has 0 aliphatic carbocycles. The van der Waals surface area contributed by atoms with Crippen LogP contribution in [0.25, 0.3) is 0 Å². The van der Waals surface area contributed by atoms with E-state index in [9.17, 15) is 14.7 Å². The quantitative estimate of drug-likeness (QED) is 0.748. The van der Waals surface area contributed by atoms with Crippen molar-refractivity contribution < 1.29 is 19.8 Å². The number of rotatable bonds is 4. The average Bonchev–Trinajstić information content (AvgIpc) is 2.54. The molecule has 1 atom stereocenters. The van der Waals surface area contributed by atoms with E-state index in [1.165, 1.54) is 0 Å². The summed E-state index contributed by atoms with van der Waals surface area (Å²) in [4.78, 5) is 22.3. The van der Waals surface area contributed by atoms with Gasteiger partial charge < -0.3 is 20.1 Å². The summed E-state index contributed by atoms with van der Waals surface area (Å²) in [6.45, 7) is 0.764. The monoisotopic (exact) mass is 304 g/mol. The molecule has 1 amide bonds. The van der Waals surface area contributed by atoms with Crippen LogP contribution in [0.2, 0.25) is 0 Å². The zero-order valence-corrected chi connectivity index (χ0v) is 11.0. The van der Waals surface area contributed by atoms with Crippen molar-refractivity contribution in [2.45, 2.75) is 12.5 Å². The van der Waals surface area contributed by atoms with Gasteiger partial charge in [-0.15, -0.1) is 0 Å². The number of nitrogens with zero attached hydrogens (tertiary/aromatic N) is 1. The van der Waals surface area contributed by atoms with Gasteiger partial charge in [0, 0.05) is 17.7 Å². The van der Waals surface area contributed by atoms with Crippen LogP contribution in [-0.2, 0) is 11.8 Å². The van der Waals surface area contributed by atoms with Gasteiger partial charge in [0.2, 0.25) is 0 Å². The molecule has 0 aliphatic heterocycles. The van der Waals surface area contributed by atoms with Gasteiger partial charge in [0.25, 0.3) is 5.91 Å². The van der Waals surface area contributed by atoms with Crippen LogP contribution in [0, 0.1) is 0 Å². The minimum atomic E-state index is -1.97. The maximum atomic E-state index is 11.7. The highest BCUT2D eigenvalue weighted by atomic mass is 79.9. The van der Waals surface area contributed by atoms with Gasteiger partial charge in [-0.05, 0) is 28.9 Å². The van der Waals surface area contributed by atoms with Gasteiger partial charge in [0.05, 0.1) is 6.54 Å². The number of carbonyl (C=O) groups is 2. The van der Waals surface area contributed by atoms with E-state index >= 15 is 0 Å². The van der Waals surface area contributed by atoms with Gasteiger partial charge in [0.1, 0.15) is 5.69 Å². The van der Waals surface area contributed by atoms with Crippen LogP contribution in [-0.4, -0.2) is 38.8 Å². The maximum Gasteiger partial charge on any atom is 0.337 e. The summed E-state index contributed by atoms with van der Waals surface area (Å²) < 4.78 is 2.34. The van der Waals surface area contributed by atoms with Crippen LogP contribution in [0.1, 0.15) is 17.4 Å². The summed E-state index contributed by atoms with van der Waals surface area (Å²) in [5.41, 5.74) is -1.60. The zero-order chi connectivity index (χ0) is 13.2. The predicted molar refractivity (Wildman–Crippen MR) is 63.7 cm³/mol. The molecule has 0 bridgehead atoms. The Labute approximate surface area is 106 Å². The lowest BCUT2D eigenvalue weighted by atomic mass is 10.1. The first-order valence-corrected chi connectivity index (χ1v) is 5.59. The third-order valence-electron chi connectivity index (χ3n) is 2.26. The second kappa shape index (κ2) is 4.89. The molecular formula is C10H13BrN2O4.